The summed E-state index contributed by atoms with van der Waals surface area (Å²) in [5.74, 6) is 0. The summed E-state index contributed by atoms with van der Waals surface area (Å²) in [5.41, 5.74) is 2.67. The highest BCUT2D eigenvalue weighted by Crippen LogP contribution is 2.41. The molecule has 1 fully saturated rings. The van der Waals surface area contributed by atoms with E-state index >= 15 is 0 Å². The van der Waals surface area contributed by atoms with E-state index in [1.807, 2.05) is 0 Å². The fourth-order valence-electron chi connectivity index (χ4n) is 2.71. The summed E-state index contributed by atoms with van der Waals surface area (Å²) >= 11 is 0. The van der Waals surface area contributed by atoms with Crippen molar-refractivity contribution in [2.24, 2.45) is 0 Å². The first kappa shape index (κ1) is 17.5. The van der Waals surface area contributed by atoms with Crippen molar-refractivity contribution >= 4 is 14.0 Å². The normalized spacial score (nSPS) is 18.4. The molecule has 0 radical (unpaired) electrons. The summed E-state index contributed by atoms with van der Waals surface area (Å²) in [6.07, 6.45) is 0.145. The van der Waals surface area contributed by atoms with E-state index in [9.17, 15) is 0 Å². The zero-order chi connectivity index (χ0) is 16.4. The van der Waals surface area contributed by atoms with Crippen molar-refractivity contribution in [1.29, 1.82) is 0 Å². The minimum absolute atomic E-state index is 0.145. The van der Waals surface area contributed by atoms with Crippen LogP contribution < -0.4 is 10.2 Å². The smallest absolute Gasteiger partial charge is 0.192 e. The van der Waals surface area contributed by atoms with Gasteiger partial charge in [-0.1, -0.05) is 39.0 Å². The Labute approximate surface area is 137 Å². The van der Waals surface area contributed by atoms with E-state index in [4.69, 9.17) is 4.43 Å². The molecule has 1 heterocycles. The molecule has 0 bridgehead atoms. The number of nitrogens with one attached hydrogen (secondary N) is 1. The Hall–Kier alpha value is -0.843. The van der Waals surface area contributed by atoms with Crippen molar-refractivity contribution in [3.05, 3.63) is 29.8 Å². The van der Waals surface area contributed by atoms with Gasteiger partial charge in [0.1, 0.15) is 0 Å². The number of para-hydroxylation sites is 1. The standard InChI is InChI=1S/C18H32N2OSi/c1-15(21-22(5,6)18(2,3)4)16-9-7-8-10-17(16)20-13-11-19-12-14-20/h7-10,15,19H,11-14H2,1-6H3. The summed E-state index contributed by atoms with van der Waals surface area (Å²) in [4.78, 5) is 2.48. The molecule has 1 N–H and O–H groups in total. The molecule has 3 nitrogen and oxygen atoms in total. The van der Waals surface area contributed by atoms with Crippen LogP contribution in [0.3, 0.4) is 0 Å². The van der Waals surface area contributed by atoms with Gasteiger partial charge in [-0.3, -0.25) is 0 Å². The lowest BCUT2D eigenvalue weighted by atomic mass is 10.1. The van der Waals surface area contributed by atoms with Gasteiger partial charge in [0.15, 0.2) is 8.32 Å². The highest BCUT2D eigenvalue weighted by Gasteiger charge is 2.39. The molecule has 0 saturated carbocycles. The van der Waals surface area contributed by atoms with Crippen LogP contribution >= 0.6 is 0 Å². The summed E-state index contributed by atoms with van der Waals surface area (Å²) in [6.45, 7) is 18.0. The second-order valence-corrected chi connectivity index (χ2v) is 12.6. The minimum Gasteiger partial charge on any atom is -0.410 e. The molecule has 1 aliphatic rings. The fourth-order valence-corrected chi connectivity index (χ4v) is 4.07. The molecule has 1 aromatic rings. The maximum atomic E-state index is 6.62. The molecule has 0 amide bonds. The van der Waals surface area contributed by atoms with Crippen molar-refractivity contribution in [2.45, 2.75) is 51.9 Å². The summed E-state index contributed by atoms with van der Waals surface area (Å²) < 4.78 is 6.62. The molecule has 4 heteroatoms. The van der Waals surface area contributed by atoms with E-state index in [-0.39, 0.29) is 11.1 Å². The van der Waals surface area contributed by atoms with Gasteiger partial charge in [0.05, 0.1) is 6.10 Å². The van der Waals surface area contributed by atoms with Crippen LogP contribution in [0.4, 0.5) is 5.69 Å². The molecule has 124 valence electrons. The summed E-state index contributed by atoms with van der Waals surface area (Å²) in [5, 5.41) is 3.67. The van der Waals surface area contributed by atoms with Gasteiger partial charge < -0.3 is 14.6 Å². The Bertz CT molecular complexity index is 490. The third-order valence-corrected chi connectivity index (χ3v) is 9.67. The molecule has 1 aromatic carbocycles. The van der Waals surface area contributed by atoms with E-state index in [1.54, 1.807) is 0 Å². The molecule has 0 spiro atoms. The fraction of sp³-hybridized carbons (Fsp3) is 0.667. The van der Waals surface area contributed by atoms with Gasteiger partial charge >= 0.3 is 0 Å². The average molecular weight is 321 g/mol. The van der Waals surface area contributed by atoms with Gasteiger partial charge in [0.2, 0.25) is 0 Å². The van der Waals surface area contributed by atoms with Crippen LogP contribution in [0.25, 0.3) is 0 Å². The highest BCUT2D eigenvalue weighted by molar-refractivity contribution is 6.74. The first-order valence-corrected chi connectivity index (χ1v) is 11.4. The lowest BCUT2D eigenvalue weighted by molar-refractivity contribution is 0.203. The third-order valence-electron chi connectivity index (χ3n) is 5.11. The third kappa shape index (κ3) is 3.92. The molecule has 1 unspecified atom stereocenters. The highest BCUT2D eigenvalue weighted by atomic mass is 28.4. The summed E-state index contributed by atoms with van der Waals surface area (Å²) in [7, 11) is -1.75. The van der Waals surface area contributed by atoms with Crippen molar-refractivity contribution < 1.29 is 4.43 Å². The SMILES string of the molecule is CC(O[Si](C)(C)C(C)(C)C)c1ccccc1N1CCNCC1. The number of anilines is 1. The van der Waals surface area contributed by atoms with Crippen molar-refractivity contribution in [1.82, 2.24) is 5.32 Å². The molecular formula is C18H32N2OSi. The first-order valence-electron chi connectivity index (χ1n) is 8.45. The van der Waals surface area contributed by atoms with Gasteiger partial charge in [-0.25, -0.2) is 0 Å². The van der Waals surface area contributed by atoms with Crippen molar-refractivity contribution in [3.8, 4) is 0 Å². The largest absolute Gasteiger partial charge is 0.410 e. The van der Waals surface area contributed by atoms with E-state index in [0.717, 1.165) is 26.2 Å². The molecular weight excluding hydrogens is 288 g/mol. The number of hydrogen-bond donors (Lipinski definition) is 1. The minimum atomic E-state index is -1.75. The Balaban J connectivity index is 2.21. The lowest BCUT2D eigenvalue weighted by Gasteiger charge is -2.39. The van der Waals surface area contributed by atoms with E-state index in [1.165, 1.54) is 11.3 Å². The quantitative estimate of drug-likeness (QED) is 0.842. The van der Waals surface area contributed by atoms with E-state index < -0.39 is 8.32 Å². The van der Waals surface area contributed by atoms with Crippen molar-refractivity contribution in [3.63, 3.8) is 0 Å². The zero-order valence-electron chi connectivity index (χ0n) is 15.1. The molecule has 1 atom stereocenters. The van der Waals surface area contributed by atoms with E-state index in [0.29, 0.717) is 0 Å². The van der Waals surface area contributed by atoms with Gasteiger partial charge in [-0.05, 0) is 31.1 Å². The van der Waals surface area contributed by atoms with Crippen LogP contribution in [0.15, 0.2) is 24.3 Å². The van der Waals surface area contributed by atoms with Gasteiger partial charge in [0, 0.05) is 37.4 Å². The number of piperazine rings is 1. The van der Waals surface area contributed by atoms with Gasteiger partial charge in [-0.15, -0.1) is 0 Å². The number of rotatable bonds is 4. The summed E-state index contributed by atoms with van der Waals surface area (Å²) in [6, 6.07) is 8.74. The number of benzene rings is 1. The maximum Gasteiger partial charge on any atom is 0.192 e. The predicted octanol–water partition coefficient (Wildman–Crippen LogP) is 4.18. The maximum absolute atomic E-state index is 6.62. The van der Waals surface area contributed by atoms with Crippen LogP contribution in [0.5, 0.6) is 0 Å². The zero-order valence-corrected chi connectivity index (χ0v) is 16.1. The Morgan fingerprint density at radius 2 is 1.73 bits per heavy atom. The Kier molecular flexibility index (Phi) is 5.36. The first-order chi connectivity index (χ1) is 10.2. The lowest BCUT2D eigenvalue weighted by Crippen LogP contribution is -2.44. The number of hydrogen-bond acceptors (Lipinski definition) is 3. The molecule has 2 rings (SSSR count). The topological polar surface area (TPSA) is 24.5 Å². The molecule has 0 aromatic heterocycles. The molecule has 1 saturated heterocycles. The van der Waals surface area contributed by atoms with E-state index in [2.05, 4.69) is 75.3 Å². The van der Waals surface area contributed by atoms with Crippen LogP contribution in [0.2, 0.25) is 18.1 Å². The van der Waals surface area contributed by atoms with Gasteiger partial charge in [-0.2, -0.15) is 0 Å². The second-order valence-electron chi connectivity index (χ2n) is 7.82. The predicted molar refractivity (Wildman–Crippen MR) is 98.2 cm³/mol. The molecule has 0 aliphatic carbocycles. The van der Waals surface area contributed by atoms with Crippen LogP contribution in [-0.2, 0) is 4.43 Å². The van der Waals surface area contributed by atoms with Crippen LogP contribution in [-0.4, -0.2) is 34.5 Å². The van der Waals surface area contributed by atoms with Crippen LogP contribution in [0, 0.1) is 0 Å². The molecule has 1 aliphatic heterocycles. The van der Waals surface area contributed by atoms with Crippen LogP contribution in [0.1, 0.15) is 39.4 Å². The van der Waals surface area contributed by atoms with Gasteiger partial charge in [0.25, 0.3) is 0 Å². The Morgan fingerprint density at radius 1 is 1.14 bits per heavy atom. The second kappa shape index (κ2) is 6.73. The Morgan fingerprint density at radius 3 is 2.32 bits per heavy atom. The monoisotopic (exact) mass is 320 g/mol. The van der Waals surface area contributed by atoms with Crippen molar-refractivity contribution in [2.75, 3.05) is 31.1 Å². The number of nitrogens with zero attached hydrogens (tertiary/aromatic N) is 1. The molecule has 22 heavy (non-hydrogen) atoms. The average Bonchev–Trinajstić information content (AvgIpc) is 2.46.